The van der Waals surface area contributed by atoms with Gasteiger partial charge in [-0.3, -0.25) is 9.59 Å². The number of imidazole rings is 1. The van der Waals surface area contributed by atoms with Gasteiger partial charge in [0.25, 0.3) is 0 Å². The second-order valence-corrected chi connectivity index (χ2v) is 11.3. The van der Waals surface area contributed by atoms with Gasteiger partial charge in [-0.15, -0.1) is 10.2 Å². The maximum atomic E-state index is 13.6. The molecule has 1 saturated carbocycles. The topological polar surface area (TPSA) is 156 Å². The molecule has 5 N–H and O–H groups in total. The molecule has 0 unspecified atom stereocenters. The van der Waals surface area contributed by atoms with Crippen LogP contribution in [0.15, 0.2) is 73.1 Å². The fourth-order valence-electron chi connectivity index (χ4n) is 5.76. The summed E-state index contributed by atoms with van der Waals surface area (Å²) < 4.78 is 1.99. The molecule has 43 heavy (non-hydrogen) atoms. The number of aryl methyl sites for hydroxylation is 1. The summed E-state index contributed by atoms with van der Waals surface area (Å²) in [4.78, 5) is 31.4. The average molecular weight is 578 g/mol. The summed E-state index contributed by atoms with van der Waals surface area (Å²) in [6, 6.07) is 20.8. The number of tetrazole rings is 1. The number of aromatic amines is 1. The van der Waals surface area contributed by atoms with Gasteiger partial charge in [-0.1, -0.05) is 30.3 Å². The van der Waals surface area contributed by atoms with E-state index < -0.39 is 6.04 Å². The number of hydrogen-bond donors (Lipinski definition) is 4. The van der Waals surface area contributed by atoms with E-state index in [-0.39, 0.29) is 17.7 Å². The first kappa shape index (κ1) is 28.2. The van der Waals surface area contributed by atoms with E-state index in [9.17, 15) is 9.59 Å². The normalized spacial score (nSPS) is 17.4. The number of fused-ring (bicyclic) bond motifs is 1. The molecule has 1 aliphatic rings. The van der Waals surface area contributed by atoms with Gasteiger partial charge in [0.2, 0.25) is 17.6 Å². The third kappa shape index (κ3) is 6.46. The van der Waals surface area contributed by atoms with Crippen LogP contribution in [0.3, 0.4) is 0 Å². The molecular weight excluding hydrogens is 542 g/mol. The van der Waals surface area contributed by atoms with E-state index in [1.165, 1.54) is 0 Å². The van der Waals surface area contributed by atoms with E-state index in [2.05, 4.69) is 54.4 Å². The Hall–Kier alpha value is -4.90. The largest absolute Gasteiger partial charge is 0.344 e. The molecule has 2 heterocycles. The number of nitrogens with two attached hydrogens (primary N) is 1. The zero-order chi connectivity index (χ0) is 29.8. The van der Waals surface area contributed by atoms with Crippen LogP contribution < -0.4 is 16.4 Å². The Balaban J connectivity index is 1.17. The van der Waals surface area contributed by atoms with E-state index in [0.29, 0.717) is 30.4 Å². The summed E-state index contributed by atoms with van der Waals surface area (Å²) in [5, 5.41) is 20.0. The number of aromatic nitrogens is 6. The van der Waals surface area contributed by atoms with Crippen LogP contribution in [-0.2, 0) is 23.1 Å². The zero-order valence-corrected chi connectivity index (χ0v) is 24.0. The second-order valence-electron chi connectivity index (χ2n) is 11.3. The lowest BCUT2D eigenvalue weighted by Crippen LogP contribution is -2.48. The zero-order valence-electron chi connectivity index (χ0n) is 24.0. The van der Waals surface area contributed by atoms with Gasteiger partial charge in [-0.2, -0.15) is 5.21 Å². The van der Waals surface area contributed by atoms with Gasteiger partial charge < -0.3 is 20.9 Å². The fourth-order valence-corrected chi connectivity index (χ4v) is 5.76. The van der Waals surface area contributed by atoms with Gasteiger partial charge in [0.15, 0.2) is 0 Å². The summed E-state index contributed by atoms with van der Waals surface area (Å²) in [6.45, 7) is 0.649. The molecule has 3 aromatic carbocycles. The van der Waals surface area contributed by atoms with Crippen LogP contribution in [0.4, 0.5) is 5.69 Å². The summed E-state index contributed by atoms with van der Waals surface area (Å²) in [5.41, 5.74) is 12.3. The van der Waals surface area contributed by atoms with E-state index in [1.807, 2.05) is 54.3 Å². The number of rotatable bonds is 9. The Labute approximate surface area is 249 Å². The lowest BCUT2D eigenvalue weighted by Gasteiger charge is -2.28. The van der Waals surface area contributed by atoms with Crippen LogP contribution in [0, 0.1) is 11.8 Å². The van der Waals surface area contributed by atoms with Crippen LogP contribution in [0.25, 0.3) is 33.5 Å². The fraction of sp³-hybridized carbons (Fsp3) is 0.312. The third-order valence-corrected chi connectivity index (χ3v) is 8.39. The smallest absolute Gasteiger partial charge is 0.247 e. The van der Waals surface area contributed by atoms with Gasteiger partial charge in [0.1, 0.15) is 6.04 Å². The number of H-pyrrole nitrogens is 1. The van der Waals surface area contributed by atoms with Crippen LogP contribution in [0.5, 0.6) is 0 Å². The summed E-state index contributed by atoms with van der Waals surface area (Å²) in [5.74, 6) is 0.465. The monoisotopic (exact) mass is 577 g/mol. The van der Waals surface area contributed by atoms with Crippen molar-refractivity contribution in [3.8, 4) is 22.5 Å². The first-order valence-electron chi connectivity index (χ1n) is 14.6. The highest BCUT2D eigenvalue weighted by molar-refractivity contribution is 5.97. The average Bonchev–Trinajstić information content (AvgIpc) is 3.72. The second kappa shape index (κ2) is 12.5. The maximum absolute atomic E-state index is 13.6. The quantitative estimate of drug-likeness (QED) is 0.207. The minimum atomic E-state index is -0.743. The molecule has 0 spiro atoms. The lowest BCUT2D eigenvalue weighted by molar-refractivity contribution is -0.130. The minimum absolute atomic E-state index is 0.0802. The van der Waals surface area contributed by atoms with Crippen LogP contribution >= 0.6 is 0 Å². The van der Waals surface area contributed by atoms with Crippen molar-refractivity contribution in [1.29, 1.82) is 0 Å². The molecule has 6 rings (SSSR count). The van der Waals surface area contributed by atoms with Crippen molar-refractivity contribution in [2.75, 3.05) is 11.9 Å². The Morgan fingerprint density at radius 3 is 2.40 bits per heavy atom. The standard InChI is InChI=1S/C32H35N9O2/c1-41-19-34-27-17-25(12-15-29(27)41)22-6-2-20(3-7-22)16-28(36-31(42)24-8-4-21(18-33)5-9-24)32(43)35-26-13-10-23(11-14-26)30-37-39-40-38-30/h2-3,6-7,10-15,17,19,21,24,28H,4-5,8-9,16,18,33H2,1H3,(H,35,43)(H,36,42)(H,37,38,39,40)/t21-,24-,28-/m0/s1. The maximum Gasteiger partial charge on any atom is 0.247 e. The van der Waals surface area contributed by atoms with Crippen LogP contribution in [0.1, 0.15) is 31.2 Å². The number of anilines is 1. The molecule has 0 radical (unpaired) electrons. The molecule has 5 aromatic rings. The summed E-state index contributed by atoms with van der Waals surface area (Å²) in [7, 11) is 1.98. The van der Waals surface area contributed by atoms with Gasteiger partial charge >= 0.3 is 0 Å². The van der Waals surface area contributed by atoms with Crippen molar-refractivity contribution in [3.63, 3.8) is 0 Å². The van der Waals surface area contributed by atoms with Crippen LogP contribution in [-0.4, -0.2) is 54.6 Å². The molecule has 2 amide bonds. The van der Waals surface area contributed by atoms with Crippen molar-refractivity contribution in [3.05, 3.63) is 78.6 Å². The molecule has 0 saturated heterocycles. The molecule has 0 aliphatic heterocycles. The van der Waals surface area contributed by atoms with E-state index in [0.717, 1.165) is 59.0 Å². The number of hydrogen-bond acceptors (Lipinski definition) is 7. The summed E-state index contributed by atoms with van der Waals surface area (Å²) >= 11 is 0. The molecule has 11 nitrogen and oxygen atoms in total. The molecule has 1 aliphatic carbocycles. The van der Waals surface area contributed by atoms with Crippen molar-refractivity contribution in [1.82, 2.24) is 35.5 Å². The highest BCUT2D eigenvalue weighted by Crippen LogP contribution is 2.29. The Morgan fingerprint density at radius 1 is 0.977 bits per heavy atom. The van der Waals surface area contributed by atoms with Gasteiger partial charge in [-0.25, -0.2) is 4.98 Å². The molecule has 11 heteroatoms. The Kier molecular flexibility index (Phi) is 8.23. The van der Waals surface area contributed by atoms with Gasteiger partial charge in [0, 0.05) is 30.6 Å². The number of nitrogens with zero attached hydrogens (tertiary/aromatic N) is 5. The predicted molar refractivity (Wildman–Crippen MR) is 165 cm³/mol. The first-order valence-corrected chi connectivity index (χ1v) is 14.6. The van der Waals surface area contributed by atoms with Crippen molar-refractivity contribution >= 4 is 28.5 Å². The van der Waals surface area contributed by atoms with Crippen molar-refractivity contribution < 1.29 is 9.59 Å². The molecular formula is C32H35N9O2. The number of benzene rings is 3. The molecule has 2 aromatic heterocycles. The Bertz CT molecular complexity index is 1690. The number of carbonyl (C=O) groups is 2. The van der Waals surface area contributed by atoms with Gasteiger partial charge in [0.05, 0.1) is 17.4 Å². The van der Waals surface area contributed by atoms with Crippen LogP contribution in [0.2, 0.25) is 0 Å². The number of nitrogens with one attached hydrogen (secondary N) is 3. The highest BCUT2D eigenvalue weighted by Gasteiger charge is 2.29. The molecule has 220 valence electrons. The lowest BCUT2D eigenvalue weighted by atomic mass is 9.81. The van der Waals surface area contributed by atoms with E-state index >= 15 is 0 Å². The SMILES string of the molecule is Cn1cnc2cc(-c3ccc(C[C@H](NC(=O)[C@H]4CC[C@H](CN)CC4)C(=O)Nc4ccc(-c5nn[nH]n5)cc4)cc3)ccc21. The molecule has 1 atom stereocenters. The van der Waals surface area contributed by atoms with Crippen molar-refractivity contribution in [2.24, 2.45) is 24.6 Å². The highest BCUT2D eigenvalue weighted by atomic mass is 16.2. The molecule has 0 bridgehead atoms. The number of amides is 2. The third-order valence-electron chi connectivity index (χ3n) is 8.39. The predicted octanol–water partition coefficient (Wildman–Crippen LogP) is 3.85. The first-order chi connectivity index (χ1) is 21.0. The summed E-state index contributed by atoms with van der Waals surface area (Å²) in [6.07, 6.45) is 5.61. The minimum Gasteiger partial charge on any atom is -0.344 e. The van der Waals surface area contributed by atoms with E-state index in [4.69, 9.17) is 5.73 Å². The van der Waals surface area contributed by atoms with Crippen molar-refractivity contribution in [2.45, 2.75) is 38.1 Å². The molecule has 1 fully saturated rings. The number of carbonyl (C=O) groups excluding carboxylic acids is 2. The van der Waals surface area contributed by atoms with Gasteiger partial charge in [-0.05, 0) is 96.4 Å². The Morgan fingerprint density at radius 2 is 1.70 bits per heavy atom. The van der Waals surface area contributed by atoms with E-state index in [1.54, 1.807) is 12.1 Å².